The van der Waals surface area contributed by atoms with Gasteiger partial charge in [-0.1, -0.05) is 44.2 Å². The highest BCUT2D eigenvalue weighted by Crippen LogP contribution is 2.23. The molecule has 3 nitrogen and oxygen atoms in total. The lowest BCUT2D eigenvalue weighted by Crippen LogP contribution is -2.25. The van der Waals surface area contributed by atoms with Crippen LogP contribution in [0.5, 0.6) is 5.75 Å². The van der Waals surface area contributed by atoms with Crippen molar-refractivity contribution in [2.45, 2.75) is 41.0 Å². The van der Waals surface area contributed by atoms with Crippen LogP contribution in [0.3, 0.4) is 0 Å². The molecule has 2 aromatic rings. The number of hydrogen-bond donors (Lipinski definition) is 0. The van der Waals surface area contributed by atoms with E-state index in [1.54, 1.807) is 6.08 Å². The summed E-state index contributed by atoms with van der Waals surface area (Å²) >= 11 is 0. The molecule has 0 amide bonds. The first-order valence-electron chi connectivity index (χ1n) is 10.2. The van der Waals surface area contributed by atoms with Crippen LogP contribution in [0.4, 0.5) is 0 Å². The predicted molar refractivity (Wildman–Crippen MR) is 126 cm³/mol. The molecule has 0 N–H and O–H groups in total. The fourth-order valence-electron chi connectivity index (χ4n) is 3.44. The van der Waals surface area contributed by atoms with E-state index in [-0.39, 0.29) is 18.2 Å². The zero-order valence-corrected chi connectivity index (χ0v) is 19.1. The Morgan fingerprint density at radius 1 is 1.00 bits per heavy atom. The van der Waals surface area contributed by atoms with Gasteiger partial charge in [-0.2, -0.15) is 0 Å². The number of carbonyl (C=O) groups excluding carboxylic acids is 1. The molecule has 4 heteroatoms. The van der Waals surface area contributed by atoms with Crippen LogP contribution in [-0.4, -0.2) is 36.9 Å². The molecule has 0 saturated heterocycles. The summed E-state index contributed by atoms with van der Waals surface area (Å²) in [6.45, 7) is 14.2. The van der Waals surface area contributed by atoms with Crippen molar-refractivity contribution in [1.82, 2.24) is 4.90 Å². The molecular weight excluding hydrogens is 382 g/mol. The van der Waals surface area contributed by atoms with E-state index in [0.29, 0.717) is 6.61 Å². The molecule has 0 aliphatic carbocycles. The van der Waals surface area contributed by atoms with Crippen LogP contribution in [0.25, 0.3) is 6.08 Å². The molecule has 0 unspecified atom stereocenters. The molecular formula is C25H34ClNO2. The Morgan fingerprint density at radius 2 is 1.62 bits per heavy atom. The molecule has 0 bridgehead atoms. The average Bonchev–Trinajstić information content (AvgIpc) is 2.67. The van der Waals surface area contributed by atoms with Crippen LogP contribution in [0.2, 0.25) is 0 Å². The molecule has 0 aliphatic rings. The van der Waals surface area contributed by atoms with E-state index in [2.05, 4.69) is 18.7 Å². The van der Waals surface area contributed by atoms with Crippen molar-refractivity contribution in [1.29, 1.82) is 0 Å². The van der Waals surface area contributed by atoms with E-state index in [4.69, 9.17) is 4.74 Å². The minimum absolute atomic E-state index is 0. The van der Waals surface area contributed by atoms with Gasteiger partial charge in [0.25, 0.3) is 0 Å². The third-order valence-electron chi connectivity index (χ3n) is 5.14. The standard InChI is InChI=1S/C25H33NO2.ClH/c1-6-26(7-2)15-10-16-28-23-17-20(4)25(21(5)18-23)24(27)14-13-22-12-9-8-11-19(22)3;/h8-9,11-14,17-18H,6-7,10,15-16H2,1-5H3;1H/b14-13+;. The first-order valence-corrected chi connectivity index (χ1v) is 10.2. The van der Waals surface area contributed by atoms with Crippen LogP contribution in [0, 0.1) is 20.8 Å². The molecule has 0 aliphatic heterocycles. The Morgan fingerprint density at radius 3 is 2.21 bits per heavy atom. The van der Waals surface area contributed by atoms with Gasteiger partial charge in [-0.3, -0.25) is 4.79 Å². The summed E-state index contributed by atoms with van der Waals surface area (Å²) in [5.41, 5.74) is 4.91. The van der Waals surface area contributed by atoms with Gasteiger partial charge in [0.15, 0.2) is 5.78 Å². The minimum Gasteiger partial charge on any atom is -0.494 e. The van der Waals surface area contributed by atoms with Gasteiger partial charge in [-0.15, -0.1) is 12.4 Å². The van der Waals surface area contributed by atoms with Crippen LogP contribution >= 0.6 is 12.4 Å². The zero-order chi connectivity index (χ0) is 20.5. The fraction of sp³-hybridized carbons (Fsp3) is 0.400. The molecule has 2 rings (SSSR count). The third-order valence-corrected chi connectivity index (χ3v) is 5.14. The lowest BCUT2D eigenvalue weighted by Gasteiger charge is -2.18. The molecule has 0 aromatic heterocycles. The fourth-order valence-corrected chi connectivity index (χ4v) is 3.44. The maximum absolute atomic E-state index is 12.8. The topological polar surface area (TPSA) is 29.5 Å². The highest BCUT2D eigenvalue weighted by molar-refractivity contribution is 6.08. The van der Waals surface area contributed by atoms with E-state index in [1.165, 1.54) is 0 Å². The van der Waals surface area contributed by atoms with E-state index in [0.717, 1.165) is 59.6 Å². The molecule has 158 valence electrons. The van der Waals surface area contributed by atoms with Crippen molar-refractivity contribution in [3.05, 3.63) is 70.3 Å². The van der Waals surface area contributed by atoms with Crippen molar-refractivity contribution in [2.24, 2.45) is 0 Å². The Hall–Kier alpha value is -2.10. The molecule has 29 heavy (non-hydrogen) atoms. The molecule has 0 spiro atoms. The van der Waals surface area contributed by atoms with E-state index < -0.39 is 0 Å². The van der Waals surface area contributed by atoms with E-state index >= 15 is 0 Å². The van der Waals surface area contributed by atoms with Crippen LogP contribution in [-0.2, 0) is 0 Å². The average molecular weight is 416 g/mol. The molecule has 0 saturated carbocycles. The van der Waals surface area contributed by atoms with Crippen molar-refractivity contribution in [3.8, 4) is 5.75 Å². The third kappa shape index (κ3) is 7.34. The quantitative estimate of drug-likeness (QED) is 0.269. The molecule has 2 aromatic carbocycles. The van der Waals surface area contributed by atoms with Gasteiger partial charge >= 0.3 is 0 Å². The second-order valence-corrected chi connectivity index (χ2v) is 7.22. The van der Waals surface area contributed by atoms with Gasteiger partial charge in [0.2, 0.25) is 0 Å². The smallest absolute Gasteiger partial charge is 0.186 e. The van der Waals surface area contributed by atoms with Crippen molar-refractivity contribution in [3.63, 3.8) is 0 Å². The summed E-state index contributed by atoms with van der Waals surface area (Å²) in [5.74, 6) is 0.875. The van der Waals surface area contributed by atoms with Crippen LogP contribution in [0.1, 0.15) is 52.9 Å². The summed E-state index contributed by atoms with van der Waals surface area (Å²) in [4.78, 5) is 15.1. The molecule has 0 atom stereocenters. The maximum atomic E-state index is 12.8. The highest BCUT2D eigenvalue weighted by Gasteiger charge is 2.12. The first-order chi connectivity index (χ1) is 13.5. The Labute approximate surface area is 182 Å². The second-order valence-electron chi connectivity index (χ2n) is 7.22. The lowest BCUT2D eigenvalue weighted by molar-refractivity contribution is 0.104. The minimum atomic E-state index is 0. The largest absolute Gasteiger partial charge is 0.494 e. The number of rotatable bonds is 10. The summed E-state index contributed by atoms with van der Waals surface area (Å²) in [6.07, 6.45) is 4.57. The van der Waals surface area contributed by atoms with Gasteiger partial charge in [-0.25, -0.2) is 0 Å². The van der Waals surface area contributed by atoms with Gasteiger partial charge in [0, 0.05) is 12.1 Å². The SMILES string of the molecule is CCN(CC)CCCOc1cc(C)c(C(=O)/C=C/c2ccccc2C)c(C)c1.Cl. The van der Waals surface area contributed by atoms with E-state index in [1.807, 2.05) is 63.2 Å². The van der Waals surface area contributed by atoms with Crippen LogP contribution in [0.15, 0.2) is 42.5 Å². The number of carbonyl (C=O) groups is 1. The molecule has 0 heterocycles. The number of allylic oxidation sites excluding steroid dienone is 1. The number of hydrogen-bond acceptors (Lipinski definition) is 3. The number of aryl methyl sites for hydroxylation is 3. The Balaban J connectivity index is 0.00000420. The number of ether oxygens (including phenoxy) is 1. The predicted octanol–water partition coefficient (Wildman–Crippen LogP) is 6.04. The summed E-state index contributed by atoms with van der Waals surface area (Å²) in [5, 5.41) is 0. The second kappa shape index (κ2) is 12.5. The van der Waals surface area contributed by atoms with Gasteiger partial charge < -0.3 is 9.64 Å². The first kappa shape index (κ1) is 24.9. The van der Waals surface area contributed by atoms with Crippen molar-refractivity contribution in [2.75, 3.05) is 26.2 Å². The number of benzene rings is 2. The number of nitrogens with zero attached hydrogens (tertiary/aromatic N) is 1. The van der Waals surface area contributed by atoms with Gasteiger partial charge in [-0.05, 0) is 80.7 Å². The van der Waals surface area contributed by atoms with Crippen molar-refractivity contribution >= 4 is 24.3 Å². The normalized spacial score (nSPS) is 11.0. The monoisotopic (exact) mass is 415 g/mol. The number of ketones is 1. The van der Waals surface area contributed by atoms with Crippen LogP contribution < -0.4 is 4.74 Å². The molecule has 0 radical (unpaired) electrons. The lowest BCUT2D eigenvalue weighted by atomic mass is 9.97. The van der Waals surface area contributed by atoms with E-state index in [9.17, 15) is 4.79 Å². The maximum Gasteiger partial charge on any atom is 0.186 e. The number of halogens is 1. The highest BCUT2D eigenvalue weighted by atomic mass is 35.5. The zero-order valence-electron chi connectivity index (χ0n) is 18.3. The summed E-state index contributed by atoms with van der Waals surface area (Å²) in [6, 6.07) is 12.0. The Kier molecular flexibility index (Phi) is 10.7. The van der Waals surface area contributed by atoms with Gasteiger partial charge in [0.1, 0.15) is 5.75 Å². The summed E-state index contributed by atoms with van der Waals surface area (Å²) < 4.78 is 5.93. The summed E-state index contributed by atoms with van der Waals surface area (Å²) in [7, 11) is 0. The Bertz CT molecular complexity index is 802. The molecule has 0 fully saturated rings. The van der Waals surface area contributed by atoms with Gasteiger partial charge in [0.05, 0.1) is 6.61 Å². The van der Waals surface area contributed by atoms with Crippen molar-refractivity contribution < 1.29 is 9.53 Å².